The summed E-state index contributed by atoms with van der Waals surface area (Å²) >= 11 is 0. The average molecular weight is 200 g/mol. The van der Waals surface area contributed by atoms with Crippen LogP contribution in [0.5, 0.6) is 0 Å². The Hall–Kier alpha value is -0.120. The van der Waals surface area contributed by atoms with Gasteiger partial charge in [-0.1, -0.05) is 13.3 Å². The summed E-state index contributed by atoms with van der Waals surface area (Å²) in [4.78, 5) is 2.46. The molecule has 1 rings (SSSR count). The van der Waals surface area contributed by atoms with Crippen LogP contribution in [0.1, 0.15) is 33.6 Å². The monoisotopic (exact) mass is 200 g/mol. The van der Waals surface area contributed by atoms with E-state index in [2.05, 4.69) is 31.0 Å². The molecule has 14 heavy (non-hydrogen) atoms. The highest BCUT2D eigenvalue weighted by molar-refractivity contribution is 4.92. The van der Waals surface area contributed by atoms with Crippen LogP contribution in [0.25, 0.3) is 0 Å². The van der Waals surface area contributed by atoms with E-state index < -0.39 is 0 Å². The first-order chi connectivity index (χ1) is 6.57. The molecule has 1 atom stereocenters. The fourth-order valence-corrected chi connectivity index (χ4v) is 2.23. The maximum Gasteiger partial charge on any atom is 0.0597 e. The predicted molar refractivity (Wildman–Crippen MR) is 59.4 cm³/mol. The number of unbranched alkanes of at least 4 members (excludes halogenated alkanes) is 1. The molecule has 2 N–H and O–H groups in total. The minimum absolute atomic E-state index is 0.138. The lowest BCUT2D eigenvalue weighted by Gasteiger charge is -2.43. The minimum atomic E-state index is 0.138. The standard InChI is InChI=1S/C11H24N2O/c1-4-5-6-13-7-10(8-14)12-11(2,3)9-13/h10,12,14H,4-9H2,1-3H3. The Balaban J connectivity index is 2.43. The summed E-state index contributed by atoms with van der Waals surface area (Å²) in [6.07, 6.45) is 2.50. The van der Waals surface area contributed by atoms with Crippen LogP contribution in [0, 0.1) is 0 Å². The fourth-order valence-electron chi connectivity index (χ4n) is 2.23. The second kappa shape index (κ2) is 5.10. The lowest BCUT2D eigenvalue weighted by molar-refractivity contribution is 0.0855. The smallest absolute Gasteiger partial charge is 0.0597 e. The minimum Gasteiger partial charge on any atom is -0.395 e. The van der Waals surface area contributed by atoms with Crippen molar-refractivity contribution in [3.8, 4) is 0 Å². The third kappa shape index (κ3) is 3.56. The third-order valence-corrected chi connectivity index (χ3v) is 2.74. The predicted octanol–water partition coefficient (Wildman–Crippen LogP) is 0.831. The van der Waals surface area contributed by atoms with Gasteiger partial charge in [0.2, 0.25) is 0 Å². The van der Waals surface area contributed by atoms with Crippen LogP contribution in [-0.4, -0.2) is 47.8 Å². The molecule has 1 unspecified atom stereocenters. The van der Waals surface area contributed by atoms with Crippen LogP contribution in [0.2, 0.25) is 0 Å². The zero-order valence-electron chi connectivity index (χ0n) is 9.71. The largest absolute Gasteiger partial charge is 0.395 e. The van der Waals surface area contributed by atoms with E-state index in [1.807, 2.05) is 0 Å². The van der Waals surface area contributed by atoms with E-state index in [-0.39, 0.29) is 18.2 Å². The number of rotatable bonds is 4. The number of piperazine rings is 1. The van der Waals surface area contributed by atoms with Crippen molar-refractivity contribution < 1.29 is 5.11 Å². The first-order valence-corrected chi connectivity index (χ1v) is 5.68. The van der Waals surface area contributed by atoms with Gasteiger partial charge in [0.15, 0.2) is 0 Å². The summed E-state index contributed by atoms with van der Waals surface area (Å²) < 4.78 is 0. The first kappa shape index (κ1) is 12.0. The molecule has 0 aliphatic carbocycles. The molecule has 3 heteroatoms. The molecule has 0 amide bonds. The van der Waals surface area contributed by atoms with E-state index in [1.54, 1.807) is 0 Å². The van der Waals surface area contributed by atoms with E-state index in [9.17, 15) is 5.11 Å². The number of aliphatic hydroxyl groups excluding tert-OH is 1. The van der Waals surface area contributed by atoms with Crippen molar-refractivity contribution in [2.24, 2.45) is 0 Å². The maximum absolute atomic E-state index is 9.18. The topological polar surface area (TPSA) is 35.5 Å². The molecule has 0 spiro atoms. The molecule has 3 nitrogen and oxygen atoms in total. The van der Waals surface area contributed by atoms with Gasteiger partial charge < -0.3 is 10.4 Å². The second-order valence-electron chi connectivity index (χ2n) is 5.00. The van der Waals surface area contributed by atoms with Gasteiger partial charge in [0.1, 0.15) is 0 Å². The van der Waals surface area contributed by atoms with Gasteiger partial charge in [-0.05, 0) is 26.8 Å². The van der Waals surface area contributed by atoms with E-state index in [0.29, 0.717) is 0 Å². The molecule has 84 valence electrons. The van der Waals surface area contributed by atoms with Gasteiger partial charge in [0, 0.05) is 24.7 Å². The molecule has 1 aliphatic heterocycles. The van der Waals surface area contributed by atoms with Gasteiger partial charge in [-0.25, -0.2) is 0 Å². The molecule has 1 saturated heterocycles. The molecule has 0 saturated carbocycles. The SMILES string of the molecule is CCCCN1CC(CO)NC(C)(C)C1. The van der Waals surface area contributed by atoms with Gasteiger partial charge in [-0.15, -0.1) is 0 Å². The summed E-state index contributed by atoms with van der Waals surface area (Å²) in [5, 5.41) is 12.6. The Kier molecular flexibility index (Phi) is 4.35. The molecule has 0 bridgehead atoms. The van der Waals surface area contributed by atoms with E-state index in [0.717, 1.165) is 19.6 Å². The van der Waals surface area contributed by atoms with Gasteiger partial charge in [-0.3, -0.25) is 4.90 Å². The Morgan fingerprint density at radius 3 is 2.79 bits per heavy atom. The Bertz CT molecular complexity index is 171. The van der Waals surface area contributed by atoms with Crippen LogP contribution in [0.15, 0.2) is 0 Å². The average Bonchev–Trinajstić information content (AvgIpc) is 2.12. The lowest BCUT2D eigenvalue weighted by atomic mass is 9.98. The number of hydrogen-bond donors (Lipinski definition) is 2. The van der Waals surface area contributed by atoms with E-state index in [1.165, 1.54) is 12.8 Å². The van der Waals surface area contributed by atoms with Crippen LogP contribution in [0.4, 0.5) is 0 Å². The molecule has 1 heterocycles. The maximum atomic E-state index is 9.18. The first-order valence-electron chi connectivity index (χ1n) is 5.68. The van der Waals surface area contributed by atoms with Gasteiger partial charge in [-0.2, -0.15) is 0 Å². The second-order valence-corrected chi connectivity index (χ2v) is 5.00. The number of nitrogens with one attached hydrogen (secondary N) is 1. The van der Waals surface area contributed by atoms with Crippen molar-refractivity contribution in [3.05, 3.63) is 0 Å². The van der Waals surface area contributed by atoms with Crippen molar-refractivity contribution in [3.63, 3.8) is 0 Å². The molecule has 1 aliphatic rings. The number of aliphatic hydroxyl groups is 1. The van der Waals surface area contributed by atoms with Crippen LogP contribution < -0.4 is 5.32 Å². The van der Waals surface area contributed by atoms with Crippen molar-refractivity contribution in [2.45, 2.75) is 45.2 Å². The molecule has 1 fully saturated rings. The van der Waals surface area contributed by atoms with Crippen molar-refractivity contribution in [1.82, 2.24) is 10.2 Å². The third-order valence-electron chi connectivity index (χ3n) is 2.74. The van der Waals surface area contributed by atoms with Crippen molar-refractivity contribution >= 4 is 0 Å². The van der Waals surface area contributed by atoms with Crippen LogP contribution in [-0.2, 0) is 0 Å². The molecular weight excluding hydrogens is 176 g/mol. The normalized spacial score (nSPS) is 27.9. The van der Waals surface area contributed by atoms with Gasteiger partial charge in [0.25, 0.3) is 0 Å². The Morgan fingerprint density at radius 2 is 2.21 bits per heavy atom. The summed E-state index contributed by atoms with van der Waals surface area (Å²) in [6, 6.07) is 0.246. The van der Waals surface area contributed by atoms with Crippen LogP contribution >= 0.6 is 0 Å². The van der Waals surface area contributed by atoms with Gasteiger partial charge in [0.05, 0.1) is 6.61 Å². The summed E-state index contributed by atoms with van der Waals surface area (Å²) in [5.74, 6) is 0. The van der Waals surface area contributed by atoms with Crippen molar-refractivity contribution in [2.75, 3.05) is 26.2 Å². The molecule has 0 radical (unpaired) electrons. The Morgan fingerprint density at radius 1 is 1.50 bits per heavy atom. The lowest BCUT2D eigenvalue weighted by Crippen LogP contribution is -2.63. The van der Waals surface area contributed by atoms with E-state index in [4.69, 9.17) is 0 Å². The zero-order chi connectivity index (χ0) is 10.6. The van der Waals surface area contributed by atoms with Crippen molar-refractivity contribution in [1.29, 1.82) is 0 Å². The highest BCUT2D eigenvalue weighted by Crippen LogP contribution is 2.14. The fraction of sp³-hybridized carbons (Fsp3) is 1.00. The quantitative estimate of drug-likeness (QED) is 0.705. The van der Waals surface area contributed by atoms with Crippen LogP contribution in [0.3, 0.4) is 0 Å². The molecule has 0 aromatic rings. The molecule has 0 aromatic carbocycles. The Labute approximate surface area is 87.5 Å². The zero-order valence-corrected chi connectivity index (χ0v) is 9.71. The summed E-state index contributed by atoms with van der Waals surface area (Å²) in [5.41, 5.74) is 0.138. The summed E-state index contributed by atoms with van der Waals surface area (Å²) in [6.45, 7) is 10.1. The number of hydrogen-bond acceptors (Lipinski definition) is 3. The highest BCUT2D eigenvalue weighted by Gasteiger charge is 2.30. The van der Waals surface area contributed by atoms with Gasteiger partial charge >= 0.3 is 0 Å². The van der Waals surface area contributed by atoms with E-state index >= 15 is 0 Å². The number of nitrogens with zero attached hydrogens (tertiary/aromatic N) is 1. The highest BCUT2D eigenvalue weighted by atomic mass is 16.3. The summed E-state index contributed by atoms with van der Waals surface area (Å²) in [7, 11) is 0. The molecule has 0 aromatic heterocycles. The molecular formula is C11H24N2O.